The zero-order chi connectivity index (χ0) is 21.7. The standard InChI is InChI=1S/C24H33NO3S2/c1-5-10-18-16-20(12-7-3)24-21(17-18)25(28-30(26,27)15-8-4)23-19(11-6-2)13-9-14-22(23)29-24/h9,13-14,16-17H,5-8,10-12,15H2,1-4H3. The summed E-state index contributed by atoms with van der Waals surface area (Å²) in [6.07, 6.45) is 6.41. The summed E-state index contributed by atoms with van der Waals surface area (Å²) in [6, 6.07) is 10.6. The summed E-state index contributed by atoms with van der Waals surface area (Å²) in [5, 5.41) is 1.62. The van der Waals surface area contributed by atoms with Gasteiger partial charge in [0.25, 0.3) is 10.1 Å². The van der Waals surface area contributed by atoms with E-state index in [-0.39, 0.29) is 5.75 Å². The third kappa shape index (κ3) is 5.04. The highest BCUT2D eigenvalue weighted by atomic mass is 32.2. The number of hydrogen-bond donors (Lipinski definition) is 0. The molecule has 0 N–H and O–H groups in total. The fraction of sp³-hybridized carbons (Fsp3) is 0.500. The van der Waals surface area contributed by atoms with Gasteiger partial charge in [-0.2, -0.15) is 8.42 Å². The molecular weight excluding hydrogens is 414 g/mol. The predicted molar refractivity (Wildman–Crippen MR) is 126 cm³/mol. The molecule has 1 aliphatic rings. The van der Waals surface area contributed by atoms with Crippen molar-refractivity contribution < 1.29 is 12.7 Å². The highest BCUT2D eigenvalue weighted by Gasteiger charge is 2.32. The van der Waals surface area contributed by atoms with E-state index in [0.29, 0.717) is 6.42 Å². The molecule has 0 bridgehead atoms. The van der Waals surface area contributed by atoms with Gasteiger partial charge < -0.3 is 0 Å². The minimum atomic E-state index is -3.68. The lowest BCUT2D eigenvalue weighted by atomic mass is 10.0. The first-order valence-corrected chi connectivity index (χ1v) is 13.5. The summed E-state index contributed by atoms with van der Waals surface area (Å²) < 4.78 is 31.3. The average molecular weight is 448 g/mol. The van der Waals surface area contributed by atoms with Crippen LogP contribution in [0.25, 0.3) is 0 Å². The Morgan fingerprint density at radius 3 is 2.27 bits per heavy atom. The molecule has 3 rings (SSSR count). The van der Waals surface area contributed by atoms with Gasteiger partial charge in [-0.1, -0.05) is 76.9 Å². The first-order valence-electron chi connectivity index (χ1n) is 11.1. The molecule has 4 nitrogen and oxygen atoms in total. The normalized spacial score (nSPS) is 13.3. The maximum absolute atomic E-state index is 12.7. The number of hydrogen-bond acceptors (Lipinski definition) is 5. The lowest BCUT2D eigenvalue weighted by molar-refractivity contribution is 0.318. The van der Waals surface area contributed by atoms with Gasteiger partial charge in [-0.05, 0) is 54.5 Å². The van der Waals surface area contributed by atoms with E-state index in [9.17, 15) is 8.42 Å². The molecule has 1 aliphatic heterocycles. The second-order valence-electron chi connectivity index (χ2n) is 7.85. The van der Waals surface area contributed by atoms with Crippen molar-refractivity contribution in [2.24, 2.45) is 0 Å². The Morgan fingerprint density at radius 2 is 1.60 bits per heavy atom. The molecule has 0 aromatic heterocycles. The topological polar surface area (TPSA) is 46.6 Å². The van der Waals surface area contributed by atoms with Crippen molar-refractivity contribution in [2.75, 3.05) is 10.8 Å². The maximum atomic E-state index is 12.7. The number of aryl methyl sites for hydroxylation is 3. The molecular formula is C24H33NO3S2. The Labute approximate surface area is 186 Å². The van der Waals surface area contributed by atoms with E-state index in [1.807, 2.05) is 6.92 Å². The van der Waals surface area contributed by atoms with Crippen molar-refractivity contribution in [3.05, 3.63) is 47.0 Å². The first kappa shape index (κ1) is 23.2. The third-order valence-corrected chi connectivity index (χ3v) is 7.65. The van der Waals surface area contributed by atoms with Crippen molar-refractivity contribution in [3.63, 3.8) is 0 Å². The molecule has 30 heavy (non-hydrogen) atoms. The van der Waals surface area contributed by atoms with Crippen molar-refractivity contribution in [3.8, 4) is 0 Å². The van der Waals surface area contributed by atoms with Gasteiger partial charge in [0.15, 0.2) is 0 Å². The molecule has 1 heterocycles. The summed E-state index contributed by atoms with van der Waals surface area (Å²) in [5.74, 6) is 0.00766. The number of nitrogens with zero attached hydrogens (tertiary/aromatic N) is 1. The number of para-hydroxylation sites is 1. The number of rotatable bonds is 10. The van der Waals surface area contributed by atoms with Gasteiger partial charge in [-0.25, -0.2) is 5.06 Å². The van der Waals surface area contributed by atoms with E-state index >= 15 is 0 Å². The molecule has 164 valence electrons. The Hall–Kier alpha value is -1.50. The number of anilines is 2. The summed E-state index contributed by atoms with van der Waals surface area (Å²) >= 11 is 1.74. The summed E-state index contributed by atoms with van der Waals surface area (Å²) in [4.78, 5) is 2.17. The highest BCUT2D eigenvalue weighted by molar-refractivity contribution is 7.99. The molecule has 2 aromatic carbocycles. The van der Waals surface area contributed by atoms with Gasteiger partial charge >= 0.3 is 0 Å². The van der Waals surface area contributed by atoms with E-state index in [1.54, 1.807) is 16.8 Å². The molecule has 0 unspecified atom stereocenters. The van der Waals surface area contributed by atoms with E-state index in [2.05, 4.69) is 51.1 Å². The van der Waals surface area contributed by atoms with Gasteiger partial charge in [-0.15, -0.1) is 4.28 Å². The molecule has 0 aliphatic carbocycles. The van der Waals surface area contributed by atoms with Crippen LogP contribution in [-0.4, -0.2) is 14.2 Å². The minimum Gasteiger partial charge on any atom is -0.202 e. The van der Waals surface area contributed by atoms with Gasteiger partial charge in [0.1, 0.15) is 0 Å². The second-order valence-corrected chi connectivity index (χ2v) is 10.6. The van der Waals surface area contributed by atoms with E-state index < -0.39 is 10.1 Å². The Kier molecular flexibility index (Phi) is 7.88. The fourth-order valence-electron chi connectivity index (χ4n) is 3.95. The minimum absolute atomic E-state index is 0.00766. The van der Waals surface area contributed by atoms with Crippen molar-refractivity contribution in [1.29, 1.82) is 0 Å². The van der Waals surface area contributed by atoms with Crippen LogP contribution in [0, 0.1) is 0 Å². The molecule has 2 aromatic rings. The molecule has 0 saturated heterocycles. The van der Waals surface area contributed by atoms with Crippen molar-refractivity contribution in [1.82, 2.24) is 0 Å². The van der Waals surface area contributed by atoms with Crippen LogP contribution in [0.4, 0.5) is 11.4 Å². The lowest BCUT2D eigenvalue weighted by Crippen LogP contribution is -2.28. The van der Waals surface area contributed by atoms with Crippen LogP contribution >= 0.6 is 11.8 Å². The van der Waals surface area contributed by atoms with Gasteiger partial charge in [0, 0.05) is 9.79 Å². The zero-order valence-electron chi connectivity index (χ0n) is 18.5. The first-order chi connectivity index (χ1) is 14.4. The smallest absolute Gasteiger partial charge is 0.202 e. The Balaban J connectivity index is 2.22. The molecule has 0 spiro atoms. The van der Waals surface area contributed by atoms with Crippen LogP contribution in [0.2, 0.25) is 0 Å². The van der Waals surface area contributed by atoms with Gasteiger partial charge in [0.05, 0.1) is 17.1 Å². The van der Waals surface area contributed by atoms with Gasteiger partial charge in [0.2, 0.25) is 0 Å². The van der Waals surface area contributed by atoms with Crippen molar-refractivity contribution in [2.45, 2.75) is 82.4 Å². The quantitative estimate of drug-likeness (QED) is 0.400. The van der Waals surface area contributed by atoms with E-state index in [4.69, 9.17) is 4.28 Å². The van der Waals surface area contributed by atoms with E-state index in [1.165, 1.54) is 11.1 Å². The maximum Gasteiger partial charge on any atom is 0.288 e. The van der Waals surface area contributed by atoms with Gasteiger partial charge in [-0.3, -0.25) is 0 Å². The van der Waals surface area contributed by atoms with Crippen LogP contribution in [0.3, 0.4) is 0 Å². The molecule has 0 atom stereocenters. The summed E-state index contributed by atoms with van der Waals surface area (Å²) in [6.45, 7) is 8.35. The predicted octanol–water partition coefficient (Wildman–Crippen LogP) is 6.82. The Bertz CT molecular complexity index is 986. The lowest BCUT2D eigenvalue weighted by Gasteiger charge is -2.34. The van der Waals surface area contributed by atoms with Crippen LogP contribution in [0.15, 0.2) is 40.1 Å². The monoisotopic (exact) mass is 447 g/mol. The van der Waals surface area contributed by atoms with Crippen LogP contribution in [0.1, 0.15) is 70.1 Å². The SMILES string of the molecule is CCCc1cc(CCC)c2c(c1)N(OS(=O)(=O)CCC)c1c(CCC)cccc1S2. The molecule has 0 fully saturated rings. The second kappa shape index (κ2) is 10.2. The van der Waals surface area contributed by atoms with Crippen LogP contribution in [-0.2, 0) is 33.7 Å². The van der Waals surface area contributed by atoms with E-state index in [0.717, 1.165) is 65.3 Å². The third-order valence-electron chi connectivity index (χ3n) is 5.14. The zero-order valence-corrected chi connectivity index (χ0v) is 20.2. The largest absolute Gasteiger partial charge is 0.288 e. The highest BCUT2D eigenvalue weighted by Crippen LogP contribution is 2.52. The number of benzene rings is 2. The number of fused-ring (bicyclic) bond motifs is 2. The molecule has 0 radical (unpaired) electrons. The summed E-state index contributed by atoms with van der Waals surface area (Å²) in [7, 11) is -3.68. The summed E-state index contributed by atoms with van der Waals surface area (Å²) in [5.41, 5.74) is 5.38. The van der Waals surface area contributed by atoms with Crippen molar-refractivity contribution >= 4 is 33.3 Å². The average Bonchev–Trinajstić information content (AvgIpc) is 2.69. The Morgan fingerprint density at radius 1 is 0.900 bits per heavy atom. The molecule has 6 heteroatoms. The molecule has 0 amide bonds. The van der Waals surface area contributed by atoms with Crippen LogP contribution < -0.4 is 5.06 Å². The fourth-order valence-corrected chi connectivity index (χ4v) is 6.13. The molecule has 0 saturated carbocycles. The van der Waals surface area contributed by atoms with Crippen LogP contribution in [0.5, 0.6) is 0 Å².